The molecule has 0 aliphatic rings. The second-order valence-corrected chi connectivity index (χ2v) is 3.45. The van der Waals surface area contributed by atoms with E-state index >= 15 is 0 Å². The molecule has 0 saturated carbocycles. The molecule has 1 N–H and O–H groups in total. The van der Waals surface area contributed by atoms with Gasteiger partial charge in [-0.1, -0.05) is 0 Å². The van der Waals surface area contributed by atoms with Crippen molar-refractivity contribution < 1.29 is 39.8 Å². The molecule has 3 nitrogen and oxygen atoms in total. The summed E-state index contributed by atoms with van der Waals surface area (Å²) in [6.07, 6.45) is 0. The molecule has 1 unspecified atom stereocenters. The smallest absolute Gasteiger partial charge is 0.387 e. The molecule has 96 valence electrons. The minimum absolute atomic E-state index is 1.73. The van der Waals surface area contributed by atoms with Crippen LogP contribution >= 0.6 is 0 Å². The van der Waals surface area contributed by atoms with E-state index in [1.165, 1.54) is 0 Å². The molecule has 0 fully saturated rings. The van der Waals surface area contributed by atoms with Gasteiger partial charge in [-0.05, 0) is 0 Å². The van der Waals surface area contributed by atoms with Crippen LogP contribution in [0.1, 0.15) is 0 Å². The van der Waals surface area contributed by atoms with Crippen molar-refractivity contribution in [2.45, 2.75) is 11.5 Å². The second kappa shape index (κ2) is 4.92. The zero-order valence-electron chi connectivity index (χ0n) is 7.52. The van der Waals surface area contributed by atoms with Gasteiger partial charge in [-0.2, -0.15) is 13.2 Å². The molecular weight excluding hydrogens is 278 g/mol. The quantitative estimate of drug-likeness (QED) is 0.400. The van der Waals surface area contributed by atoms with E-state index < -0.39 is 51.6 Å². The van der Waals surface area contributed by atoms with Crippen molar-refractivity contribution in [3.05, 3.63) is 23.3 Å². The lowest BCUT2D eigenvalue weighted by Gasteiger charge is -2.11. The fourth-order valence-electron chi connectivity index (χ4n) is 0.942. The van der Waals surface area contributed by atoms with Crippen molar-refractivity contribution in [2.24, 2.45) is 0 Å². The first kappa shape index (κ1) is 13.8. The van der Waals surface area contributed by atoms with Gasteiger partial charge in [0.25, 0.3) is 0 Å². The molecule has 10 heteroatoms. The average Bonchev–Trinajstić information content (AvgIpc) is 2.22. The first-order valence-corrected chi connectivity index (χ1v) is 4.79. The van der Waals surface area contributed by atoms with Crippen LogP contribution < -0.4 is 4.74 Å². The zero-order valence-corrected chi connectivity index (χ0v) is 8.33. The van der Waals surface area contributed by atoms with Gasteiger partial charge in [0.05, 0.1) is 0 Å². The fraction of sp³-hybridized carbons (Fsp3) is 0.143. The minimum atomic E-state index is -3.71. The number of rotatable bonds is 3. The summed E-state index contributed by atoms with van der Waals surface area (Å²) >= 11 is -3.38. The molecule has 0 radical (unpaired) electrons. The molecule has 1 atom stereocenters. The van der Waals surface area contributed by atoms with Crippen LogP contribution in [0.3, 0.4) is 0 Å². The molecule has 0 saturated heterocycles. The molecule has 0 aromatic heterocycles. The Kier molecular flexibility index (Phi) is 3.98. The average molecular weight is 280 g/mol. The first-order valence-electron chi connectivity index (χ1n) is 3.69. The van der Waals surface area contributed by atoms with E-state index in [0.29, 0.717) is 0 Å². The lowest BCUT2D eigenvalue weighted by atomic mass is 10.3. The van der Waals surface area contributed by atoms with Gasteiger partial charge in [0, 0.05) is 0 Å². The molecule has 0 bridgehead atoms. The zero-order chi connectivity index (χ0) is 13.3. The van der Waals surface area contributed by atoms with Crippen LogP contribution in [0.25, 0.3) is 0 Å². The second-order valence-electron chi connectivity index (χ2n) is 2.54. The largest absolute Gasteiger partial charge is 0.430 e. The third-order valence-electron chi connectivity index (χ3n) is 1.56. The van der Waals surface area contributed by atoms with E-state index in [0.717, 1.165) is 0 Å². The predicted molar refractivity (Wildman–Crippen MR) is 41.9 cm³/mol. The van der Waals surface area contributed by atoms with Gasteiger partial charge in [0.15, 0.2) is 33.4 Å². The van der Waals surface area contributed by atoms with Crippen molar-refractivity contribution in [3.63, 3.8) is 0 Å². The summed E-state index contributed by atoms with van der Waals surface area (Å²) in [4.78, 5) is -1.73. The number of alkyl halides is 2. The van der Waals surface area contributed by atoms with Crippen molar-refractivity contribution >= 4 is 11.1 Å². The molecule has 0 aliphatic carbocycles. The Bertz CT molecular complexity index is 477. The van der Waals surface area contributed by atoms with Crippen LogP contribution in [-0.2, 0) is 11.1 Å². The van der Waals surface area contributed by atoms with E-state index in [1.807, 2.05) is 0 Å². The van der Waals surface area contributed by atoms with E-state index in [1.54, 1.807) is 0 Å². The van der Waals surface area contributed by atoms with Crippen molar-refractivity contribution in [2.75, 3.05) is 0 Å². The standard InChI is InChI=1S/C7H2F6O3S/c8-1-2(9)4(11)6(17(14)15)5(3(1)10)16-7(12)13/h7H,(H,14,15). The molecule has 1 rings (SSSR count). The van der Waals surface area contributed by atoms with Crippen molar-refractivity contribution in [1.82, 2.24) is 0 Å². The maximum Gasteiger partial charge on any atom is 0.387 e. The minimum Gasteiger partial charge on any atom is -0.430 e. The van der Waals surface area contributed by atoms with Gasteiger partial charge < -0.3 is 9.29 Å². The lowest BCUT2D eigenvalue weighted by molar-refractivity contribution is -0.0551. The van der Waals surface area contributed by atoms with Gasteiger partial charge in [-0.25, -0.2) is 17.4 Å². The molecule has 17 heavy (non-hydrogen) atoms. The number of ether oxygens (including phenoxy) is 1. The lowest BCUT2D eigenvalue weighted by Crippen LogP contribution is -2.12. The number of benzene rings is 1. The highest BCUT2D eigenvalue weighted by molar-refractivity contribution is 7.79. The summed E-state index contributed by atoms with van der Waals surface area (Å²) in [6.45, 7) is -3.71. The third-order valence-corrected chi connectivity index (χ3v) is 2.28. The van der Waals surface area contributed by atoms with Gasteiger partial charge in [0.1, 0.15) is 0 Å². The van der Waals surface area contributed by atoms with Gasteiger partial charge in [-0.15, -0.1) is 0 Å². The summed E-state index contributed by atoms with van der Waals surface area (Å²) < 4.78 is 97.1. The molecule has 0 spiro atoms. The summed E-state index contributed by atoms with van der Waals surface area (Å²) in [7, 11) is 0. The summed E-state index contributed by atoms with van der Waals surface area (Å²) in [5.41, 5.74) is 0. The SMILES string of the molecule is O=S(O)c1c(F)c(F)c(F)c(F)c1OC(F)F. The Balaban J connectivity index is 3.59. The Labute approximate surface area is 92.3 Å². The van der Waals surface area contributed by atoms with E-state index in [-0.39, 0.29) is 0 Å². The third kappa shape index (κ3) is 2.52. The summed E-state index contributed by atoms with van der Waals surface area (Å²) in [5.74, 6) is -11.3. The van der Waals surface area contributed by atoms with Crippen LogP contribution in [0.4, 0.5) is 26.3 Å². The number of hydrogen-bond donors (Lipinski definition) is 1. The predicted octanol–water partition coefficient (Wildman–Crippen LogP) is 2.42. The molecule has 1 aromatic carbocycles. The maximum absolute atomic E-state index is 12.9. The van der Waals surface area contributed by atoms with Crippen LogP contribution in [0.15, 0.2) is 4.90 Å². The molecule has 0 aliphatic heterocycles. The molecule has 0 heterocycles. The highest BCUT2D eigenvalue weighted by Crippen LogP contribution is 2.33. The van der Waals surface area contributed by atoms with Crippen LogP contribution in [-0.4, -0.2) is 15.4 Å². The van der Waals surface area contributed by atoms with Crippen LogP contribution in [0, 0.1) is 23.3 Å². The van der Waals surface area contributed by atoms with Crippen LogP contribution in [0.5, 0.6) is 5.75 Å². The molecule has 1 aromatic rings. The van der Waals surface area contributed by atoms with Gasteiger partial charge in [0.2, 0.25) is 11.6 Å². The van der Waals surface area contributed by atoms with Crippen LogP contribution in [0.2, 0.25) is 0 Å². The normalized spacial score (nSPS) is 12.9. The highest BCUT2D eigenvalue weighted by atomic mass is 32.2. The van der Waals surface area contributed by atoms with Gasteiger partial charge >= 0.3 is 6.61 Å². The Hall–Kier alpha value is -1.29. The number of hydrogen-bond acceptors (Lipinski definition) is 2. The molecule has 0 amide bonds. The topological polar surface area (TPSA) is 46.5 Å². The van der Waals surface area contributed by atoms with Gasteiger partial charge in [-0.3, -0.25) is 0 Å². The summed E-state index contributed by atoms with van der Waals surface area (Å²) in [5, 5.41) is 0. The Morgan fingerprint density at radius 2 is 1.47 bits per heavy atom. The van der Waals surface area contributed by atoms with Crippen molar-refractivity contribution in [3.8, 4) is 5.75 Å². The number of halogens is 6. The Morgan fingerprint density at radius 1 is 1.00 bits per heavy atom. The Morgan fingerprint density at radius 3 is 1.88 bits per heavy atom. The highest BCUT2D eigenvalue weighted by Gasteiger charge is 2.31. The van der Waals surface area contributed by atoms with E-state index in [2.05, 4.69) is 4.74 Å². The van der Waals surface area contributed by atoms with E-state index in [4.69, 9.17) is 4.55 Å². The summed E-state index contributed by atoms with van der Waals surface area (Å²) in [6, 6.07) is 0. The first-order chi connectivity index (χ1) is 7.77. The van der Waals surface area contributed by atoms with Crippen molar-refractivity contribution in [1.29, 1.82) is 0 Å². The maximum atomic E-state index is 12.9. The van der Waals surface area contributed by atoms with E-state index in [9.17, 15) is 30.6 Å². The fourth-order valence-corrected chi connectivity index (χ4v) is 1.48. The molecular formula is C7H2F6O3S. The monoisotopic (exact) mass is 280 g/mol.